The third kappa shape index (κ3) is 4.24. The molecule has 4 aromatic rings. The zero-order valence-electron chi connectivity index (χ0n) is 21.7. The van der Waals surface area contributed by atoms with Gasteiger partial charge in [-0.25, -0.2) is 13.7 Å². The van der Waals surface area contributed by atoms with Crippen LogP contribution in [0.15, 0.2) is 59.4 Å². The fourth-order valence-electron chi connectivity index (χ4n) is 5.73. The van der Waals surface area contributed by atoms with Crippen LogP contribution in [0.3, 0.4) is 0 Å². The van der Waals surface area contributed by atoms with Crippen molar-refractivity contribution >= 4 is 23.1 Å². The van der Waals surface area contributed by atoms with Crippen molar-refractivity contribution in [1.29, 1.82) is 0 Å². The molecule has 0 bridgehead atoms. The standard InChI is InChI=1S/C30H29N5O3/c1-3-33-28(37)26-27(35-20-30(32-29(33)35)17-7-8-18-30)34(19-23-11-14-24(15-12-23)38-21(2)36)25(31-26)16-13-22-9-5-4-6-10-22/h4-6,9-12,14-15H,3,7-8,17-20H2,1-2H3/p+1. The average Bonchev–Trinajstić information content (AvgIpc) is 3.62. The molecule has 1 fully saturated rings. The van der Waals surface area contributed by atoms with E-state index >= 15 is 0 Å². The maximum Gasteiger partial charge on any atom is 0.327 e. The summed E-state index contributed by atoms with van der Waals surface area (Å²) in [4.78, 5) is 29.9. The predicted molar refractivity (Wildman–Crippen MR) is 144 cm³/mol. The lowest BCUT2D eigenvalue weighted by Crippen LogP contribution is -2.43. The molecule has 2 aromatic heterocycles. The molecule has 2 aromatic carbocycles. The number of hydrogen-bond donors (Lipinski definition) is 1. The SMILES string of the molecule is CCn1c2[n+](c3c(nc(C#Cc4ccccc4)n3Cc3ccc(OC(C)=O)cc3)c1=O)CC1(CCCC1)N2. The Kier molecular flexibility index (Phi) is 5.99. The first-order valence-electron chi connectivity index (χ1n) is 13.2. The van der Waals surface area contributed by atoms with Gasteiger partial charge in [0.1, 0.15) is 11.3 Å². The predicted octanol–water partition coefficient (Wildman–Crippen LogP) is 3.62. The Labute approximate surface area is 220 Å². The number of fused-ring (bicyclic) bond motifs is 3. The van der Waals surface area contributed by atoms with Gasteiger partial charge in [-0.1, -0.05) is 36.3 Å². The molecule has 1 N–H and O–H groups in total. The van der Waals surface area contributed by atoms with E-state index < -0.39 is 0 Å². The lowest BCUT2D eigenvalue weighted by molar-refractivity contribution is -0.657. The summed E-state index contributed by atoms with van der Waals surface area (Å²) in [5, 5.41) is 3.75. The number of hydrogen-bond acceptors (Lipinski definition) is 5. The van der Waals surface area contributed by atoms with E-state index in [1.165, 1.54) is 19.8 Å². The van der Waals surface area contributed by atoms with Crippen molar-refractivity contribution < 1.29 is 14.1 Å². The van der Waals surface area contributed by atoms with Gasteiger partial charge in [-0.3, -0.25) is 14.9 Å². The first kappa shape index (κ1) is 24.0. The molecule has 1 aliphatic carbocycles. The molecule has 0 radical (unpaired) electrons. The van der Waals surface area contributed by atoms with Gasteiger partial charge in [0.2, 0.25) is 17.0 Å². The van der Waals surface area contributed by atoms with Crippen LogP contribution >= 0.6 is 0 Å². The number of esters is 1. The van der Waals surface area contributed by atoms with E-state index in [9.17, 15) is 9.59 Å². The molecule has 0 atom stereocenters. The van der Waals surface area contributed by atoms with Gasteiger partial charge in [0.05, 0.1) is 19.6 Å². The number of anilines is 1. The van der Waals surface area contributed by atoms with Gasteiger partial charge in [-0.15, -0.1) is 0 Å². The Morgan fingerprint density at radius 2 is 1.82 bits per heavy atom. The highest BCUT2D eigenvalue weighted by molar-refractivity contribution is 5.70. The molecule has 8 nitrogen and oxygen atoms in total. The lowest BCUT2D eigenvalue weighted by atomic mass is 9.99. The molecule has 6 rings (SSSR count). The highest BCUT2D eigenvalue weighted by Crippen LogP contribution is 2.36. The van der Waals surface area contributed by atoms with E-state index in [2.05, 4.69) is 21.7 Å². The summed E-state index contributed by atoms with van der Waals surface area (Å²) in [7, 11) is 0. The van der Waals surface area contributed by atoms with E-state index in [4.69, 9.17) is 9.72 Å². The van der Waals surface area contributed by atoms with Crippen LogP contribution in [0.2, 0.25) is 0 Å². The minimum atomic E-state index is -0.357. The molecule has 1 aliphatic heterocycles. The molecule has 38 heavy (non-hydrogen) atoms. The number of benzene rings is 2. The van der Waals surface area contributed by atoms with Gasteiger partial charge in [0.25, 0.3) is 0 Å². The van der Waals surface area contributed by atoms with E-state index in [0.29, 0.717) is 30.2 Å². The summed E-state index contributed by atoms with van der Waals surface area (Å²) in [5.74, 6) is 7.99. The topological polar surface area (TPSA) is 82.0 Å². The highest BCUT2D eigenvalue weighted by atomic mass is 16.5. The smallest absolute Gasteiger partial charge is 0.327 e. The third-order valence-electron chi connectivity index (χ3n) is 7.49. The number of ether oxygens (including phenoxy) is 1. The molecular formula is C30H30N5O3+. The Bertz CT molecular complexity index is 1650. The largest absolute Gasteiger partial charge is 0.427 e. The minimum Gasteiger partial charge on any atom is -0.427 e. The highest BCUT2D eigenvalue weighted by Gasteiger charge is 2.47. The molecule has 0 amide bonds. The van der Waals surface area contributed by atoms with Gasteiger partial charge in [-0.05, 0) is 68.4 Å². The lowest BCUT2D eigenvalue weighted by Gasteiger charge is -2.18. The van der Waals surface area contributed by atoms with E-state index in [1.54, 1.807) is 16.7 Å². The number of carbonyl (C=O) groups is 1. The molecule has 0 unspecified atom stereocenters. The maximum absolute atomic E-state index is 13.7. The number of nitrogens with one attached hydrogen (secondary N) is 1. The molecule has 192 valence electrons. The van der Waals surface area contributed by atoms with E-state index in [0.717, 1.165) is 42.1 Å². The van der Waals surface area contributed by atoms with Gasteiger partial charge in [0, 0.05) is 12.5 Å². The zero-order chi connectivity index (χ0) is 26.3. The summed E-state index contributed by atoms with van der Waals surface area (Å²) in [6, 6.07) is 17.2. The van der Waals surface area contributed by atoms with Gasteiger partial charge in [-0.2, -0.15) is 4.98 Å². The van der Waals surface area contributed by atoms with Crippen molar-refractivity contribution in [1.82, 2.24) is 14.1 Å². The van der Waals surface area contributed by atoms with E-state index in [-0.39, 0.29) is 17.1 Å². The van der Waals surface area contributed by atoms with Crippen molar-refractivity contribution in [3.63, 3.8) is 0 Å². The second-order valence-electron chi connectivity index (χ2n) is 10.1. The van der Waals surface area contributed by atoms with Crippen LogP contribution in [-0.2, 0) is 24.4 Å². The van der Waals surface area contributed by atoms with Gasteiger partial charge in [0.15, 0.2) is 0 Å². The summed E-state index contributed by atoms with van der Waals surface area (Å²) in [6.45, 7) is 5.20. The van der Waals surface area contributed by atoms with Crippen molar-refractivity contribution in [2.24, 2.45) is 0 Å². The number of nitrogens with zero attached hydrogens (tertiary/aromatic N) is 4. The second kappa shape index (κ2) is 9.49. The molecule has 3 heterocycles. The van der Waals surface area contributed by atoms with Crippen LogP contribution < -0.4 is 20.2 Å². The first-order valence-corrected chi connectivity index (χ1v) is 13.2. The Morgan fingerprint density at radius 1 is 1.08 bits per heavy atom. The van der Waals surface area contributed by atoms with Crippen molar-refractivity contribution in [3.05, 3.63) is 81.9 Å². The second-order valence-corrected chi connectivity index (χ2v) is 10.1. The fourth-order valence-corrected chi connectivity index (χ4v) is 5.73. The Morgan fingerprint density at radius 3 is 2.50 bits per heavy atom. The van der Waals surface area contributed by atoms with Crippen LogP contribution in [0.1, 0.15) is 56.5 Å². The number of rotatable bonds is 4. The Hall–Kier alpha value is -4.38. The van der Waals surface area contributed by atoms with Crippen LogP contribution in [0, 0.1) is 11.8 Å². The molecule has 1 spiro atoms. The summed E-state index contributed by atoms with van der Waals surface area (Å²) < 4.78 is 11.3. The molecule has 1 saturated carbocycles. The van der Waals surface area contributed by atoms with Crippen molar-refractivity contribution in [3.8, 4) is 17.6 Å². The average molecular weight is 509 g/mol. The molecule has 0 saturated heterocycles. The number of imidazole rings is 1. The van der Waals surface area contributed by atoms with Gasteiger partial charge >= 0.3 is 17.5 Å². The van der Waals surface area contributed by atoms with Crippen molar-refractivity contribution in [2.75, 3.05) is 5.32 Å². The minimum absolute atomic E-state index is 0.0265. The van der Waals surface area contributed by atoms with Crippen LogP contribution in [0.25, 0.3) is 11.2 Å². The van der Waals surface area contributed by atoms with Crippen LogP contribution in [0.4, 0.5) is 5.95 Å². The maximum atomic E-state index is 13.7. The van der Waals surface area contributed by atoms with Crippen LogP contribution in [-0.4, -0.2) is 25.6 Å². The Balaban J connectivity index is 1.53. The first-order chi connectivity index (χ1) is 18.5. The molecule has 8 heteroatoms. The molecule has 2 aliphatic rings. The van der Waals surface area contributed by atoms with E-state index in [1.807, 2.05) is 54.0 Å². The summed E-state index contributed by atoms with van der Waals surface area (Å²) in [6.07, 6.45) is 4.53. The third-order valence-corrected chi connectivity index (χ3v) is 7.49. The van der Waals surface area contributed by atoms with Crippen LogP contribution in [0.5, 0.6) is 5.75 Å². The monoisotopic (exact) mass is 508 g/mol. The number of carbonyl (C=O) groups excluding carboxylic acids is 1. The zero-order valence-corrected chi connectivity index (χ0v) is 21.7. The fraction of sp³-hybridized carbons (Fsp3) is 0.333. The normalized spacial score (nSPS) is 15.2. The van der Waals surface area contributed by atoms with Crippen molar-refractivity contribution in [2.45, 2.75) is 64.7 Å². The quantitative estimate of drug-likeness (QED) is 0.197. The van der Waals surface area contributed by atoms with Gasteiger partial charge < -0.3 is 4.74 Å². The summed E-state index contributed by atoms with van der Waals surface area (Å²) in [5.41, 5.74) is 2.95. The molecular weight excluding hydrogens is 478 g/mol. The number of aromatic nitrogens is 4. The summed E-state index contributed by atoms with van der Waals surface area (Å²) >= 11 is 0.